The van der Waals surface area contributed by atoms with Crippen molar-refractivity contribution in [3.8, 4) is 11.3 Å². The number of benzene rings is 2. The molecule has 23 heavy (non-hydrogen) atoms. The molecule has 1 nitrogen and oxygen atoms in total. The molecule has 0 atom stereocenters. The zero-order valence-electron chi connectivity index (χ0n) is 15.6. The van der Waals surface area contributed by atoms with Crippen LogP contribution in [0.15, 0.2) is 54.7 Å². The molecule has 0 saturated heterocycles. The number of hydrogen-bond acceptors (Lipinski definition) is 1. The Hall–Kier alpha value is -1.93. The lowest BCUT2D eigenvalue weighted by molar-refractivity contribution is 0.870. The van der Waals surface area contributed by atoms with Crippen LogP contribution in [0.1, 0.15) is 26.7 Å². The first-order chi connectivity index (χ1) is 11.2. The second kappa shape index (κ2) is 5.93. The van der Waals surface area contributed by atoms with Crippen molar-refractivity contribution in [3.63, 3.8) is 0 Å². The van der Waals surface area contributed by atoms with E-state index in [9.17, 15) is 0 Å². The maximum atomic E-state index is 8.61. The SMILES string of the molecule is [2H]C(C)(C)c1cc(-c2cccc3ccccc23)ncc1[Si](C)(C)C. The van der Waals surface area contributed by atoms with Crippen LogP contribution in [0.4, 0.5) is 0 Å². The number of hydrogen-bond donors (Lipinski definition) is 0. The number of aromatic nitrogens is 1. The van der Waals surface area contributed by atoms with Gasteiger partial charge in [-0.1, -0.05) is 76.0 Å². The van der Waals surface area contributed by atoms with Gasteiger partial charge in [-0.3, -0.25) is 4.98 Å². The predicted octanol–water partition coefficient (Wildman–Crippen LogP) is 5.57. The van der Waals surface area contributed by atoms with E-state index in [1.54, 1.807) is 0 Å². The van der Waals surface area contributed by atoms with Gasteiger partial charge in [-0.15, -0.1) is 0 Å². The standard InChI is InChI=1S/C21H25NSi/c1-15(2)19-13-20(22-14-21(19)23(3,4)5)18-12-8-10-16-9-6-7-11-17(16)18/h6-15H,1-5H3/i15D. The maximum Gasteiger partial charge on any atom is 0.0799 e. The molecule has 0 unspecified atom stereocenters. The molecule has 3 aromatic rings. The first-order valence-corrected chi connectivity index (χ1v) is 11.7. The summed E-state index contributed by atoms with van der Waals surface area (Å²) in [7, 11) is -1.55. The molecular weight excluding hydrogens is 294 g/mol. The molecule has 0 amide bonds. The van der Waals surface area contributed by atoms with Gasteiger partial charge in [-0.25, -0.2) is 0 Å². The summed E-state index contributed by atoms with van der Waals surface area (Å²) in [5, 5.41) is 3.71. The van der Waals surface area contributed by atoms with Gasteiger partial charge in [-0.2, -0.15) is 0 Å². The average Bonchev–Trinajstić information content (AvgIpc) is 2.52. The molecule has 0 bridgehead atoms. The molecule has 3 rings (SSSR count). The van der Waals surface area contributed by atoms with Crippen LogP contribution in [0.5, 0.6) is 0 Å². The van der Waals surface area contributed by atoms with E-state index in [0.717, 1.165) is 16.8 Å². The Kier molecular flexibility index (Phi) is 3.78. The van der Waals surface area contributed by atoms with Crippen LogP contribution in [0.2, 0.25) is 19.6 Å². The topological polar surface area (TPSA) is 12.9 Å². The Morgan fingerprint density at radius 2 is 1.70 bits per heavy atom. The van der Waals surface area contributed by atoms with Gasteiger partial charge >= 0.3 is 0 Å². The molecule has 2 heteroatoms. The van der Waals surface area contributed by atoms with E-state index in [1.165, 1.54) is 16.0 Å². The van der Waals surface area contributed by atoms with E-state index in [1.807, 2.05) is 20.0 Å². The van der Waals surface area contributed by atoms with Crippen LogP contribution < -0.4 is 5.19 Å². The van der Waals surface area contributed by atoms with Gasteiger partial charge in [0.1, 0.15) is 0 Å². The molecule has 1 aromatic heterocycles. The number of nitrogens with zero attached hydrogens (tertiary/aromatic N) is 1. The molecule has 118 valence electrons. The normalized spacial score (nSPS) is 13.2. The lowest BCUT2D eigenvalue weighted by Crippen LogP contribution is -2.40. The third-order valence-corrected chi connectivity index (χ3v) is 6.33. The van der Waals surface area contributed by atoms with Gasteiger partial charge < -0.3 is 0 Å². The summed E-state index contributed by atoms with van der Waals surface area (Å²) < 4.78 is 8.61. The highest BCUT2D eigenvalue weighted by atomic mass is 28.3. The minimum Gasteiger partial charge on any atom is -0.256 e. The summed E-state index contributed by atoms with van der Waals surface area (Å²) >= 11 is 0. The van der Waals surface area contributed by atoms with Crippen molar-refractivity contribution in [2.24, 2.45) is 0 Å². The van der Waals surface area contributed by atoms with Crippen molar-refractivity contribution in [2.75, 3.05) is 0 Å². The Morgan fingerprint density at radius 3 is 2.39 bits per heavy atom. The molecule has 0 N–H and O–H groups in total. The lowest BCUT2D eigenvalue weighted by atomic mass is 9.98. The summed E-state index contributed by atoms with van der Waals surface area (Å²) in [6.45, 7) is 10.9. The van der Waals surface area contributed by atoms with Crippen molar-refractivity contribution < 1.29 is 1.37 Å². The minimum absolute atomic E-state index is 0.627. The molecule has 0 aliphatic rings. The smallest absolute Gasteiger partial charge is 0.0799 e. The van der Waals surface area contributed by atoms with Gasteiger partial charge in [0.15, 0.2) is 0 Å². The molecule has 0 fully saturated rings. The monoisotopic (exact) mass is 320 g/mol. The van der Waals surface area contributed by atoms with E-state index in [0.29, 0.717) is 0 Å². The van der Waals surface area contributed by atoms with Gasteiger partial charge in [0.05, 0.1) is 13.8 Å². The second-order valence-corrected chi connectivity index (χ2v) is 12.4. The maximum absolute atomic E-state index is 8.61. The van der Waals surface area contributed by atoms with Crippen LogP contribution in [0, 0.1) is 0 Å². The van der Waals surface area contributed by atoms with Crippen molar-refractivity contribution in [2.45, 2.75) is 39.4 Å². The molecular formula is C21H25NSi. The number of pyridine rings is 1. The van der Waals surface area contributed by atoms with E-state index in [2.05, 4.69) is 68.2 Å². The lowest BCUT2D eigenvalue weighted by Gasteiger charge is -2.23. The van der Waals surface area contributed by atoms with Crippen LogP contribution in [-0.2, 0) is 0 Å². The molecule has 2 aromatic carbocycles. The summed E-state index contributed by atoms with van der Waals surface area (Å²) in [5.74, 6) is -0.627. The van der Waals surface area contributed by atoms with Gasteiger partial charge in [-0.05, 0) is 33.5 Å². The Labute approximate surface area is 141 Å². The molecule has 0 aliphatic heterocycles. The van der Waals surface area contributed by atoms with Crippen molar-refractivity contribution in [1.82, 2.24) is 4.98 Å². The number of rotatable bonds is 3. The Bertz CT molecular complexity index is 883. The first kappa shape index (κ1) is 14.6. The molecule has 0 saturated carbocycles. The molecule has 0 radical (unpaired) electrons. The summed E-state index contributed by atoms with van der Waals surface area (Å²) in [6, 6.07) is 16.9. The first-order valence-electron chi connectivity index (χ1n) is 8.67. The van der Waals surface area contributed by atoms with Gasteiger partial charge in [0.2, 0.25) is 0 Å². The molecule has 1 heterocycles. The van der Waals surface area contributed by atoms with Gasteiger partial charge in [0.25, 0.3) is 0 Å². The van der Waals surface area contributed by atoms with Crippen LogP contribution in [0.3, 0.4) is 0 Å². The highest BCUT2D eigenvalue weighted by Crippen LogP contribution is 2.29. The average molecular weight is 321 g/mol. The summed E-state index contributed by atoms with van der Waals surface area (Å²) in [4.78, 5) is 4.79. The van der Waals surface area contributed by atoms with Crippen molar-refractivity contribution in [3.05, 3.63) is 60.3 Å². The Balaban J connectivity index is 2.26. The van der Waals surface area contributed by atoms with Crippen LogP contribution >= 0.6 is 0 Å². The quantitative estimate of drug-likeness (QED) is 0.575. The molecule has 0 spiro atoms. The van der Waals surface area contributed by atoms with Crippen molar-refractivity contribution >= 4 is 24.0 Å². The fourth-order valence-corrected chi connectivity index (χ4v) is 4.64. The predicted molar refractivity (Wildman–Crippen MR) is 104 cm³/mol. The zero-order chi connectivity index (χ0) is 17.5. The molecule has 0 aliphatic carbocycles. The second-order valence-electron chi connectivity index (χ2n) is 7.39. The van der Waals surface area contributed by atoms with E-state index in [4.69, 9.17) is 6.35 Å². The van der Waals surface area contributed by atoms with Crippen LogP contribution in [-0.4, -0.2) is 13.1 Å². The minimum atomic E-state index is -1.55. The third kappa shape index (κ3) is 3.09. The van der Waals surface area contributed by atoms with E-state index in [-0.39, 0.29) is 0 Å². The highest BCUT2D eigenvalue weighted by Gasteiger charge is 2.22. The highest BCUT2D eigenvalue weighted by molar-refractivity contribution is 6.89. The van der Waals surface area contributed by atoms with Gasteiger partial charge in [0, 0.05) is 13.1 Å². The van der Waals surface area contributed by atoms with Crippen molar-refractivity contribution in [1.29, 1.82) is 0 Å². The fraction of sp³-hybridized carbons (Fsp3) is 0.286. The largest absolute Gasteiger partial charge is 0.256 e. The third-order valence-electron chi connectivity index (χ3n) is 4.32. The fourth-order valence-electron chi connectivity index (χ4n) is 3.06. The van der Waals surface area contributed by atoms with Crippen LogP contribution in [0.25, 0.3) is 22.0 Å². The van der Waals surface area contributed by atoms with E-state index < -0.39 is 14.0 Å². The Morgan fingerprint density at radius 1 is 1.00 bits per heavy atom. The van der Waals surface area contributed by atoms with E-state index >= 15 is 0 Å². The summed E-state index contributed by atoms with van der Waals surface area (Å²) in [5.41, 5.74) is 3.21. The zero-order valence-corrected chi connectivity index (χ0v) is 15.6. The summed E-state index contributed by atoms with van der Waals surface area (Å²) in [6.07, 6.45) is 2.02. The number of fused-ring (bicyclic) bond motifs is 1.